The molecule has 0 radical (unpaired) electrons. The monoisotopic (exact) mass is 468 g/mol. The van der Waals surface area contributed by atoms with Gasteiger partial charge in [0.2, 0.25) is 0 Å². The summed E-state index contributed by atoms with van der Waals surface area (Å²) in [4.78, 5) is 23.9. The van der Waals surface area contributed by atoms with Gasteiger partial charge in [0.1, 0.15) is 5.82 Å². The second-order valence-electron chi connectivity index (χ2n) is 10.5. The number of hydrogen-bond acceptors (Lipinski definition) is 4. The molecule has 1 N–H and O–H groups in total. The van der Waals surface area contributed by atoms with E-state index in [9.17, 15) is 4.79 Å². The van der Waals surface area contributed by atoms with Crippen LogP contribution in [0.5, 0.6) is 0 Å². The van der Waals surface area contributed by atoms with Crippen LogP contribution in [0.25, 0.3) is 11.4 Å². The Morgan fingerprint density at radius 2 is 1.86 bits per heavy atom. The minimum Gasteiger partial charge on any atom is -0.369 e. The number of likely N-dealkylation sites (tertiary alicyclic amines) is 1. The van der Waals surface area contributed by atoms with Crippen molar-refractivity contribution in [2.24, 2.45) is 0 Å². The normalized spacial score (nSPS) is 17.6. The molecule has 0 saturated carbocycles. The molecule has 0 aliphatic carbocycles. The molecule has 3 aromatic rings. The van der Waals surface area contributed by atoms with Crippen LogP contribution < -0.4 is 0 Å². The van der Waals surface area contributed by atoms with E-state index in [0.29, 0.717) is 18.1 Å². The minimum atomic E-state index is -0.215. The Hall–Kier alpha value is -3.43. The van der Waals surface area contributed by atoms with E-state index in [1.165, 1.54) is 5.56 Å². The molecule has 6 nitrogen and oxygen atoms in total. The second-order valence-corrected chi connectivity index (χ2v) is 10.5. The fourth-order valence-corrected chi connectivity index (χ4v) is 5.31. The number of imidazole rings is 1. The number of nitrogens with one attached hydrogen (secondary N) is 1. The van der Waals surface area contributed by atoms with E-state index in [4.69, 9.17) is 15.0 Å². The van der Waals surface area contributed by atoms with E-state index in [2.05, 4.69) is 37.9 Å². The van der Waals surface area contributed by atoms with Crippen LogP contribution >= 0.6 is 0 Å². The number of amides is 1. The lowest BCUT2D eigenvalue weighted by molar-refractivity contribution is -0.0422. The van der Waals surface area contributed by atoms with Crippen molar-refractivity contribution in [3.05, 3.63) is 75.6 Å². The van der Waals surface area contributed by atoms with Crippen molar-refractivity contribution in [1.82, 2.24) is 14.9 Å². The zero-order valence-electron chi connectivity index (χ0n) is 20.9. The molecule has 3 heterocycles. The van der Waals surface area contributed by atoms with Gasteiger partial charge in [-0.25, -0.2) is 4.98 Å². The van der Waals surface area contributed by atoms with Gasteiger partial charge < -0.3 is 14.6 Å². The third-order valence-electron chi connectivity index (χ3n) is 7.42. The van der Waals surface area contributed by atoms with Crippen LogP contribution in [-0.4, -0.2) is 39.5 Å². The topological polar surface area (TPSA) is 82.0 Å². The first kappa shape index (κ1) is 23.3. The Bertz CT molecular complexity index is 1310. The third-order valence-corrected chi connectivity index (χ3v) is 7.42. The fourth-order valence-electron chi connectivity index (χ4n) is 5.31. The molecular weight excluding hydrogens is 436 g/mol. The zero-order valence-corrected chi connectivity index (χ0v) is 20.9. The molecule has 0 spiro atoms. The Morgan fingerprint density at radius 3 is 2.54 bits per heavy atom. The van der Waals surface area contributed by atoms with Gasteiger partial charge in [-0.3, -0.25) is 4.79 Å². The smallest absolute Gasteiger partial charge is 0.254 e. The number of nitriles is 1. The first-order valence-corrected chi connectivity index (χ1v) is 12.4. The summed E-state index contributed by atoms with van der Waals surface area (Å²) in [5.41, 5.74) is 7.60. The van der Waals surface area contributed by atoms with Gasteiger partial charge in [-0.2, -0.15) is 5.26 Å². The van der Waals surface area contributed by atoms with Crippen molar-refractivity contribution in [2.75, 3.05) is 13.1 Å². The highest BCUT2D eigenvalue weighted by Crippen LogP contribution is 2.33. The van der Waals surface area contributed by atoms with Crippen molar-refractivity contribution in [2.45, 2.75) is 65.1 Å². The Labute approximate surface area is 206 Å². The highest BCUT2D eigenvalue weighted by atomic mass is 16.5. The molecule has 1 aromatic heterocycles. The summed E-state index contributed by atoms with van der Waals surface area (Å²) < 4.78 is 5.94. The number of piperidine rings is 1. The van der Waals surface area contributed by atoms with Gasteiger partial charge in [-0.1, -0.05) is 18.2 Å². The number of ether oxygens (including phenoxy) is 1. The predicted molar refractivity (Wildman–Crippen MR) is 135 cm³/mol. The van der Waals surface area contributed by atoms with Gasteiger partial charge in [0.25, 0.3) is 5.91 Å². The summed E-state index contributed by atoms with van der Waals surface area (Å²) in [6.45, 7) is 10.2. The van der Waals surface area contributed by atoms with Crippen LogP contribution in [0.2, 0.25) is 0 Å². The van der Waals surface area contributed by atoms with Gasteiger partial charge in [0.15, 0.2) is 0 Å². The number of benzene rings is 2. The fraction of sp³-hybridized carbons (Fsp3) is 0.414. The summed E-state index contributed by atoms with van der Waals surface area (Å²) >= 11 is 0. The molecule has 35 heavy (non-hydrogen) atoms. The molecule has 2 aliphatic heterocycles. The molecule has 0 bridgehead atoms. The number of aryl methyl sites for hydroxylation is 2. The van der Waals surface area contributed by atoms with Crippen molar-refractivity contribution in [3.63, 3.8) is 0 Å². The molecule has 2 aliphatic rings. The van der Waals surface area contributed by atoms with Gasteiger partial charge in [-0.05, 0) is 81.3 Å². The number of carbonyl (C=O) groups excluding carboxylic acids is 1. The number of rotatable bonds is 3. The quantitative estimate of drug-likeness (QED) is 0.555. The number of carbonyl (C=O) groups is 1. The number of hydrogen-bond donors (Lipinski definition) is 1. The molecular formula is C29H32N4O2. The molecule has 5 rings (SSSR count). The standard InChI is InChI=1S/C29H32N4O2/c1-18-13-19(2)24(14-23(18)27-31-25-15-29(3,4)35-17-26(25)32-27)28(34)33-11-9-22(10-12-33)21-7-5-20(16-30)6-8-21/h5-8,13-14,22H,9-12,15,17H2,1-4H3,(H,31,32). The summed E-state index contributed by atoms with van der Waals surface area (Å²) in [5, 5.41) is 9.03. The summed E-state index contributed by atoms with van der Waals surface area (Å²) in [6.07, 6.45) is 2.62. The summed E-state index contributed by atoms with van der Waals surface area (Å²) in [6, 6.07) is 14.1. The minimum absolute atomic E-state index is 0.0859. The van der Waals surface area contributed by atoms with Crippen LogP contribution in [0, 0.1) is 25.2 Å². The largest absolute Gasteiger partial charge is 0.369 e. The van der Waals surface area contributed by atoms with Crippen LogP contribution in [0.15, 0.2) is 36.4 Å². The Balaban J connectivity index is 1.34. The van der Waals surface area contributed by atoms with Gasteiger partial charge in [0.05, 0.1) is 35.2 Å². The van der Waals surface area contributed by atoms with Crippen LogP contribution in [0.1, 0.15) is 76.6 Å². The maximum absolute atomic E-state index is 13.6. The maximum atomic E-state index is 13.6. The number of aromatic amines is 1. The number of nitrogens with zero attached hydrogens (tertiary/aromatic N) is 3. The molecule has 1 fully saturated rings. The molecule has 1 saturated heterocycles. The van der Waals surface area contributed by atoms with E-state index >= 15 is 0 Å². The van der Waals surface area contributed by atoms with Crippen LogP contribution in [0.4, 0.5) is 0 Å². The zero-order chi connectivity index (χ0) is 24.7. The van der Waals surface area contributed by atoms with E-state index in [1.54, 1.807) is 0 Å². The Kier molecular flexibility index (Phi) is 5.98. The average molecular weight is 469 g/mol. The lowest BCUT2D eigenvalue weighted by Gasteiger charge is -2.32. The lowest BCUT2D eigenvalue weighted by atomic mass is 9.88. The first-order valence-electron chi connectivity index (χ1n) is 12.4. The molecule has 6 heteroatoms. The Morgan fingerprint density at radius 1 is 1.14 bits per heavy atom. The van der Waals surface area contributed by atoms with E-state index in [1.807, 2.05) is 42.2 Å². The SMILES string of the molecule is Cc1cc(C)c(-c2nc3c([nH]2)COC(C)(C)C3)cc1C(=O)N1CCC(c2ccc(C#N)cc2)CC1. The summed E-state index contributed by atoms with van der Waals surface area (Å²) in [7, 11) is 0. The highest BCUT2D eigenvalue weighted by Gasteiger charge is 2.30. The van der Waals surface area contributed by atoms with Gasteiger partial charge in [0, 0.05) is 30.6 Å². The summed E-state index contributed by atoms with van der Waals surface area (Å²) in [5.74, 6) is 1.31. The molecule has 0 unspecified atom stereocenters. The highest BCUT2D eigenvalue weighted by molar-refractivity contribution is 5.97. The van der Waals surface area contributed by atoms with Crippen molar-refractivity contribution >= 4 is 5.91 Å². The van der Waals surface area contributed by atoms with Crippen LogP contribution in [-0.2, 0) is 17.8 Å². The number of H-pyrrole nitrogens is 1. The van der Waals surface area contributed by atoms with Crippen molar-refractivity contribution in [1.29, 1.82) is 5.26 Å². The number of fused-ring (bicyclic) bond motifs is 1. The molecule has 2 aromatic carbocycles. The lowest BCUT2D eigenvalue weighted by Crippen LogP contribution is -2.38. The van der Waals surface area contributed by atoms with E-state index in [0.717, 1.165) is 71.8 Å². The van der Waals surface area contributed by atoms with Gasteiger partial charge in [-0.15, -0.1) is 0 Å². The van der Waals surface area contributed by atoms with Gasteiger partial charge >= 0.3 is 0 Å². The van der Waals surface area contributed by atoms with Crippen molar-refractivity contribution < 1.29 is 9.53 Å². The predicted octanol–water partition coefficient (Wildman–Crippen LogP) is 5.44. The van der Waals surface area contributed by atoms with E-state index in [-0.39, 0.29) is 11.5 Å². The second kappa shape index (κ2) is 8.98. The average Bonchev–Trinajstić information content (AvgIpc) is 3.25. The molecule has 0 atom stereocenters. The van der Waals surface area contributed by atoms with E-state index < -0.39 is 0 Å². The van der Waals surface area contributed by atoms with Crippen molar-refractivity contribution in [3.8, 4) is 17.5 Å². The van der Waals surface area contributed by atoms with Crippen LogP contribution in [0.3, 0.4) is 0 Å². The number of aromatic nitrogens is 2. The molecule has 180 valence electrons. The third kappa shape index (κ3) is 4.61. The maximum Gasteiger partial charge on any atom is 0.254 e. The molecule has 1 amide bonds. The first-order chi connectivity index (χ1) is 16.7.